The normalized spacial score (nSPS) is 22.8. The molecule has 0 aromatic heterocycles. The van der Waals surface area contributed by atoms with E-state index in [1.165, 1.54) is 28.1 Å². The van der Waals surface area contributed by atoms with E-state index < -0.39 is 28.5 Å². The number of rotatable bonds is 6. The second-order valence-corrected chi connectivity index (χ2v) is 11.3. The highest BCUT2D eigenvalue weighted by atomic mass is 35.5. The standard InChI is InChI=1S/C25H29ClN2O6S/c1-16-13-28(14-17(2)34-16)35(31,32)23-12-19(10-11-21(23)26)25(30)33-15-24(29)27-22-9-5-7-18-6-3-4-8-20(18)22/h3-4,6,8,10-12,16-17,22H,5,7,9,13-15H2,1-2H3,(H,27,29)/t16-,17-,22+/m0/s1. The molecule has 4 rings (SSSR count). The number of esters is 1. The van der Waals surface area contributed by atoms with E-state index in [-0.39, 0.29) is 46.8 Å². The summed E-state index contributed by atoms with van der Waals surface area (Å²) in [6.45, 7) is 3.49. The van der Waals surface area contributed by atoms with Crippen LogP contribution in [0.1, 0.15) is 54.2 Å². The molecule has 0 saturated carbocycles. The minimum absolute atomic E-state index is 0.00172. The monoisotopic (exact) mass is 520 g/mol. The Bertz CT molecular complexity index is 1210. The van der Waals surface area contributed by atoms with Gasteiger partial charge in [0, 0.05) is 13.1 Å². The summed E-state index contributed by atoms with van der Waals surface area (Å²) in [6.07, 6.45) is 2.21. The molecule has 1 N–H and O–H groups in total. The molecule has 1 aliphatic carbocycles. The maximum absolute atomic E-state index is 13.2. The summed E-state index contributed by atoms with van der Waals surface area (Å²) in [5.41, 5.74) is 2.29. The Hall–Kier alpha value is -2.46. The maximum Gasteiger partial charge on any atom is 0.338 e. The van der Waals surface area contributed by atoms with Crippen LogP contribution in [0.5, 0.6) is 0 Å². The Morgan fingerprint density at radius 1 is 1.14 bits per heavy atom. The molecule has 1 fully saturated rings. The highest BCUT2D eigenvalue weighted by Crippen LogP contribution is 2.30. The number of halogens is 1. The molecule has 8 nitrogen and oxygen atoms in total. The zero-order valence-corrected chi connectivity index (χ0v) is 21.3. The third-order valence-electron chi connectivity index (χ3n) is 6.21. The van der Waals surface area contributed by atoms with Crippen LogP contribution >= 0.6 is 11.6 Å². The van der Waals surface area contributed by atoms with E-state index >= 15 is 0 Å². The van der Waals surface area contributed by atoms with E-state index in [1.54, 1.807) is 13.8 Å². The van der Waals surface area contributed by atoms with Crippen molar-refractivity contribution < 1.29 is 27.5 Å². The van der Waals surface area contributed by atoms with Crippen molar-refractivity contribution in [3.8, 4) is 0 Å². The van der Waals surface area contributed by atoms with Crippen LogP contribution in [0, 0.1) is 0 Å². The number of hydrogen-bond acceptors (Lipinski definition) is 6. The van der Waals surface area contributed by atoms with E-state index in [1.807, 2.05) is 18.2 Å². The van der Waals surface area contributed by atoms with Gasteiger partial charge in [-0.1, -0.05) is 35.9 Å². The number of fused-ring (bicyclic) bond motifs is 1. The zero-order valence-electron chi connectivity index (χ0n) is 19.7. The molecule has 1 heterocycles. The topological polar surface area (TPSA) is 102 Å². The summed E-state index contributed by atoms with van der Waals surface area (Å²) in [5.74, 6) is -1.22. The number of benzene rings is 2. The van der Waals surface area contributed by atoms with Crippen molar-refractivity contribution in [1.82, 2.24) is 9.62 Å². The number of carbonyl (C=O) groups excluding carboxylic acids is 2. The lowest BCUT2D eigenvalue weighted by molar-refractivity contribution is -0.125. The largest absolute Gasteiger partial charge is 0.452 e. The van der Waals surface area contributed by atoms with Gasteiger partial charge in [-0.3, -0.25) is 4.79 Å². The average molecular weight is 521 g/mol. The van der Waals surface area contributed by atoms with Gasteiger partial charge < -0.3 is 14.8 Å². The summed E-state index contributed by atoms with van der Waals surface area (Å²) < 4.78 is 38.6. The van der Waals surface area contributed by atoms with Gasteiger partial charge in [-0.15, -0.1) is 0 Å². The minimum Gasteiger partial charge on any atom is -0.452 e. The Morgan fingerprint density at radius 3 is 2.60 bits per heavy atom. The quantitative estimate of drug-likeness (QED) is 0.585. The summed E-state index contributed by atoms with van der Waals surface area (Å²) in [4.78, 5) is 24.9. The molecule has 0 unspecified atom stereocenters. The molecule has 2 aliphatic rings. The van der Waals surface area contributed by atoms with Gasteiger partial charge >= 0.3 is 5.97 Å². The van der Waals surface area contributed by atoms with Crippen LogP contribution in [0.4, 0.5) is 0 Å². The minimum atomic E-state index is -3.96. The van der Waals surface area contributed by atoms with Crippen molar-refractivity contribution >= 4 is 33.5 Å². The summed E-state index contributed by atoms with van der Waals surface area (Å²) in [5, 5.41) is 2.93. The zero-order chi connectivity index (χ0) is 25.2. The van der Waals surface area contributed by atoms with Crippen LogP contribution in [-0.2, 0) is 30.7 Å². The van der Waals surface area contributed by atoms with Gasteiger partial charge in [-0.05, 0) is 62.4 Å². The SMILES string of the molecule is C[C@H]1CN(S(=O)(=O)c2cc(C(=O)OCC(=O)N[C@@H]3CCCc4ccccc43)ccc2Cl)C[C@H](C)O1. The van der Waals surface area contributed by atoms with E-state index in [4.69, 9.17) is 21.1 Å². The van der Waals surface area contributed by atoms with Crippen molar-refractivity contribution in [3.05, 3.63) is 64.2 Å². The molecule has 0 spiro atoms. The first kappa shape index (κ1) is 25.6. The number of amides is 1. The number of sulfonamides is 1. The van der Waals surface area contributed by atoms with Gasteiger partial charge in [0.2, 0.25) is 10.0 Å². The van der Waals surface area contributed by atoms with Crippen LogP contribution in [0.15, 0.2) is 47.4 Å². The predicted molar refractivity (Wildman–Crippen MR) is 131 cm³/mol. The molecular weight excluding hydrogens is 492 g/mol. The number of ether oxygens (including phenoxy) is 2. The van der Waals surface area contributed by atoms with Crippen LogP contribution in [0.3, 0.4) is 0 Å². The number of carbonyl (C=O) groups is 2. The van der Waals surface area contributed by atoms with E-state index in [0.717, 1.165) is 24.8 Å². The van der Waals surface area contributed by atoms with Crippen molar-refractivity contribution in [1.29, 1.82) is 0 Å². The summed E-state index contributed by atoms with van der Waals surface area (Å²) >= 11 is 6.20. The second-order valence-electron chi connectivity index (χ2n) is 9.01. The number of nitrogens with one attached hydrogen (secondary N) is 1. The lowest BCUT2D eigenvalue weighted by atomic mass is 9.88. The molecular formula is C25H29ClN2O6S. The fraction of sp³-hybridized carbons (Fsp3) is 0.440. The van der Waals surface area contributed by atoms with Gasteiger partial charge in [0.1, 0.15) is 4.90 Å². The number of aryl methyl sites for hydroxylation is 1. The third kappa shape index (κ3) is 5.86. The van der Waals surface area contributed by atoms with Crippen molar-refractivity contribution in [2.75, 3.05) is 19.7 Å². The summed E-state index contributed by atoms with van der Waals surface area (Å²) in [7, 11) is -3.96. The first-order valence-electron chi connectivity index (χ1n) is 11.6. The van der Waals surface area contributed by atoms with E-state index in [0.29, 0.717) is 0 Å². The highest BCUT2D eigenvalue weighted by Gasteiger charge is 2.34. The number of hydrogen-bond donors (Lipinski definition) is 1. The Morgan fingerprint density at radius 2 is 1.86 bits per heavy atom. The molecule has 0 bridgehead atoms. The summed E-state index contributed by atoms with van der Waals surface area (Å²) in [6, 6.07) is 11.8. The van der Waals surface area contributed by atoms with Gasteiger partial charge in [-0.2, -0.15) is 4.31 Å². The fourth-order valence-electron chi connectivity index (χ4n) is 4.65. The molecule has 2 aromatic carbocycles. The maximum atomic E-state index is 13.2. The molecule has 10 heteroatoms. The Labute approximate surface area is 210 Å². The van der Waals surface area contributed by atoms with Crippen LogP contribution in [-0.4, -0.2) is 56.5 Å². The number of morpholine rings is 1. The van der Waals surface area contributed by atoms with Crippen molar-refractivity contribution in [2.24, 2.45) is 0 Å². The smallest absolute Gasteiger partial charge is 0.338 e. The molecule has 1 amide bonds. The van der Waals surface area contributed by atoms with Gasteiger partial charge in [-0.25, -0.2) is 13.2 Å². The first-order valence-corrected chi connectivity index (χ1v) is 13.5. The molecule has 1 aliphatic heterocycles. The van der Waals surface area contributed by atoms with Gasteiger partial charge in [0.15, 0.2) is 6.61 Å². The number of nitrogens with zero attached hydrogens (tertiary/aromatic N) is 1. The van der Waals surface area contributed by atoms with Gasteiger partial charge in [0.25, 0.3) is 5.91 Å². The molecule has 188 valence electrons. The van der Waals surface area contributed by atoms with Crippen LogP contribution < -0.4 is 5.32 Å². The van der Waals surface area contributed by atoms with Crippen LogP contribution in [0.25, 0.3) is 0 Å². The second kappa shape index (κ2) is 10.7. The Kier molecular flexibility index (Phi) is 7.80. The van der Waals surface area contributed by atoms with Gasteiger partial charge in [0.05, 0.1) is 28.8 Å². The van der Waals surface area contributed by atoms with E-state index in [2.05, 4.69) is 11.4 Å². The molecule has 35 heavy (non-hydrogen) atoms. The first-order chi connectivity index (χ1) is 16.6. The lowest BCUT2D eigenvalue weighted by Crippen LogP contribution is -2.48. The molecule has 1 saturated heterocycles. The molecule has 0 radical (unpaired) electrons. The average Bonchev–Trinajstić information content (AvgIpc) is 2.82. The fourth-order valence-corrected chi connectivity index (χ4v) is 6.74. The predicted octanol–water partition coefficient (Wildman–Crippen LogP) is 3.49. The lowest BCUT2D eigenvalue weighted by Gasteiger charge is -2.34. The highest BCUT2D eigenvalue weighted by molar-refractivity contribution is 7.89. The third-order valence-corrected chi connectivity index (χ3v) is 8.52. The van der Waals surface area contributed by atoms with E-state index in [9.17, 15) is 18.0 Å². The van der Waals surface area contributed by atoms with Crippen molar-refractivity contribution in [3.63, 3.8) is 0 Å². The molecule has 2 aromatic rings. The molecule has 3 atom stereocenters. The van der Waals surface area contributed by atoms with Crippen LogP contribution in [0.2, 0.25) is 5.02 Å². The van der Waals surface area contributed by atoms with Crippen molar-refractivity contribution in [2.45, 2.75) is 56.3 Å². The Balaban J connectivity index is 1.41.